The van der Waals surface area contributed by atoms with E-state index in [-0.39, 0.29) is 28.9 Å². The molecule has 156 valence electrons. The Bertz CT molecular complexity index is 714. The zero-order chi connectivity index (χ0) is 20.5. The van der Waals surface area contributed by atoms with E-state index in [2.05, 4.69) is 27.7 Å². The third kappa shape index (κ3) is 3.85. The van der Waals surface area contributed by atoms with E-state index in [0.29, 0.717) is 0 Å². The fraction of sp³-hybridized carbons (Fsp3) is 0.696. The molecule has 0 atom stereocenters. The van der Waals surface area contributed by atoms with Crippen LogP contribution in [0.25, 0.3) is 0 Å². The van der Waals surface area contributed by atoms with E-state index < -0.39 is 23.0 Å². The van der Waals surface area contributed by atoms with Crippen molar-refractivity contribution in [2.24, 2.45) is 11.8 Å². The first kappa shape index (κ1) is 20.9. The maximum atomic E-state index is 15.1. The highest BCUT2D eigenvalue weighted by Gasteiger charge is 2.43. The number of carboxylic acids is 1. The van der Waals surface area contributed by atoms with Gasteiger partial charge in [0.25, 0.3) is 0 Å². The Morgan fingerprint density at radius 3 is 1.82 bits per heavy atom. The van der Waals surface area contributed by atoms with E-state index in [1.165, 1.54) is 6.07 Å². The zero-order valence-corrected chi connectivity index (χ0v) is 17.5. The number of hydrogen-bond donors (Lipinski definition) is 0. The Morgan fingerprint density at radius 1 is 0.929 bits per heavy atom. The molecule has 0 N–H and O–H groups in total. The van der Waals surface area contributed by atoms with E-state index in [0.717, 1.165) is 57.4 Å². The quantitative estimate of drug-likeness (QED) is 0.664. The van der Waals surface area contributed by atoms with Crippen LogP contribution in [0.3, 0.4) is 0 Å². The van der Waals surface area contributed by atoms with Crippen molar-refractivity contribution in [2.45, 2.75) is 90.3 Å². The molecule has 0 radical (unpaired) electrons. The predicted molar refractivity (Wildman–Crippen MR) is 104 cm³/mol. The van der Waals surface area contributed by atoms with Gasteiger partial charge in [0.2, 0.25) is 0 Å². The summed E-state index contributed by atoms with van der Waals surface area (Å²) in [7, 11) is 0. The van der Waals surface area contributed by atoms with Crippen LogP contribution in [0.15, 0.2) is 12.1 Å². The molecule has 0 heterocycles. The maximum absolute atomic E-state index is 15.1. The van der Waals surface area contributed by atoms with Gasteiger partial charge in [0.1, 0.15) is 11.2 Å². The van der Waals surface area contributed by atoms with Gasteiger partial charge in [-0.05, 0) is 75.3 Å². The fourth-order valence-electron chi connectivity index (χ4n) is 4.82. The van der Waals surface area contributed by atoms with Crippen LogP contribution in [-0.4, -0.2) is 17.2 Å². The van der Waals surface area contributed by atoms with E-state index in [9.17, 15) is 9.90 Å². The van der Waals surface area contributed by atoms with Crippen molar-refractivity contribution in [1.82, 2.24) is 0 Å². The molecule has 3 rings (SSSR count). The van der Waals surface area contributed by atoms with Gasteiger partial charge in [-0.1, -0.05) is 27.7 Å². The molecule has 28 heavy (non-hydrogen) atoms. The minimum atomic E-state index is -1.42. The number of carbonyl (C=O) groups excluding carboxylic acids is 1. The number of halogens is 1. The molecule has 2 aliphatic rings. The molecule has 0 spiro atoms. The minimum Gasteiger partial charge on any atom is -0.545 e. The lowest BCUT2D eigenvalue weighted by Crippen LogP contribution is -2.41. The SMILES string of the molecule is CC(C)C1(Oc2cc(C(=O)[O-])cc(F)c2OC2(C(C)C)CCCC2)CCCC1. The molecule has 2 aliphatic carbocycles. The van der Waals surface area contributed by atoms with Gasteiger partial charge in [-0.15, -0.1) is 0 Å². The molecular formula is C23H32FO4-. The van der Waals surface area contributed by atoms with Crippen LogP contribution >= 0.6 is 0 Å². The topological polar surface area (TPSA) is 58.6 Å². The lowest BCUT2D eigenvalue weighted by Gasteiger charge is -2.38. The van der Waals surface area contributed by atoms with Crippen molar-refractivity contribution in [3.05, 3.63) is 23.5 Å². The van der Waals surface area contributed by atoms with Crippen molar-refractivity contribution in [1.29, 1.82) is 0 Å². The lowest BCUT2D eigenvalue weighted by atomic mass is 9.88. The van der Waals surface area contributed by atoms with Gasteiger partial charge in [-0.2, -0.15) is 0 Å². The van der Waals surface area contributed by atoms with E-state index in [1.54, 1.807) is 0 Å². The van der Waals surface area contributed by atoms with Gasteiger partial charge in [0.05, 0.1) is 5.97 Å². The molecule has 5 heteroatoms. The third-order valence-electron chi connectivity index (χ3n) is 6.87. The third-order valence-corrected chi connectivity index (χ3v) is 6.87. The lowest BCUT2D eigenvalue weighted by molar-refractivity contribution is -0.255. The number of carboxylic acid groups (broad SMARTS) is 1. The zero-order valence-electron chi connectivity index (χ0n) is 17.5. The van der Waals surface area contributed by atoms with E-state index in [1.807, 2.05) is 0 Å². The van der Waals surface area contributed by atoms with Crippen molar-refractivity contribution in [3.8, 4) is 11.5 Å². The molecule has 1 aromatic carbocycles. The summed E-state index contributed by atoms with van der Waals surface area (Å²) in [5.41, 5.74) is -1.08. The Morgan fingerprint density at radius 2 is 1.39 bits per heavy atom. The van der Waals surface area contributed by atoms with Gasteiger partial charge < -0.3 is 19.4 Å². The van der Waals surface area contributed by atoms with Gasteiger partial charge in [0.15, 0.2) is 17.3 Å². The van der Waals surface area contributed by atoms with Crippen molar-refractivity contribution in [2.75, 3.05) is 0 Å². The molecule has 0 aromatic heterocycles. The molecule has 0 saturated heterocycles. The first-order valence-corrected chi connectivity index (χ1v) is 10.6. The maximum Gasteiger partial charge on any atom is 0.197 e. The average Bonchev–Trinajstić information content (AvgIpc) is 3.28. The van der Waals surface area contributed by atoms with Crippen molar-refractivity contribution in [3.63, 3.8) is 0 Å². The summed E-state index contributed by atoms with van der Waals surface area (Å²) < 4.78 is 27.8. The number of carbonyl (C=O) groups is 1. The minimum absolute atomic E-state index is 0.0486. The van der Waals surface area contributed by atoms with Crippen LogP contribution in [-0.2, 0) is 0 Å². The average molecular weight is 392 g/mol. The standard InChI is InChI=1S/C23H33FO4/c1-15(2)22(9-5-6-10-22)27-19-14-17(21(25)26)13-18(24)20(19)28-23(16(3)4)11-7-8-12-23/h13-16H,5-12H2,1-4H3,(H,25,26)/p-1. The second-order valence-electron chi connectivity index (χ2n) is 9.13. The summed E-state index contributed by atoms with van der Waals surface area (Å²) in [6.07, 6.45) is 7.65. The van der Waals surface area contributed by atoms with Crippen LogP contribution in [0, 0.1) is 17.7 Å². The Balaban J connectivity index is 2.04. The summed E-state index contributed by atoms with van der Waals surface area (Å²) in [4.78, 5) is 11.4. The fourth-order valence-corrected chi connectivity index (χ4v) is 4.82. The van der Waals surface area contributed by atoms with Crippen LogP contribution in [0.1, 0.15) is 89.4 Å². The summed E-state index contributed by atoms with van der Waals surface area (Å²) in [6, 6.07) is 2.36. The molecule has 2 fully saturated rings. The van der Waals surface area contributed by atoms with Gasteiger partial charge in [0, 0.05) is 5.56 Å². The monoisotopic (exact) mass is 391 g/mol. The summed E-state index contributed by atoms with van der Waals surface area (Å²) >= 11 is 0. The smallest absolute Gasteiger partial charge is 0.197 e. The second kappa shape index (κ2) is 7.92. The Kier molecular flexibility index (Phi) is 5.92. The number of ether oxygens (including phenoxy) is 2. The first-order valence-electron chi connectivity index (χ1n) is 10.6. The molecule has 1 aromatic rings. The summed E-state index contributed by atoms with van der Waals surface area (Å²) in [5.74, 6) is -1.42. The normalized spacial score (nSPS) is 20.7. The number of rotatable bonds is 7. The predicted octanol–water partition coefficient (Wildman–Crippen LogP) is 4.88. The largest absolute Gasteiger partial charge is 0.545 e. The van der Waals surface area contributed by atoms with Gasteiger partial charge >= 0.3 is 0 Å². The van der Waals surface area contributed by atoms with Crippen molar-refractivity contribution < 1.29 is 23.8 Å². The molecule has 4 nitrogen and oxygen atoms in total. The van der Waals surface area contributed by atoms with Crippen LogP contribution in [0.5, 0.6) is 11.5 Å². The molecule has 0 aliphatic heterocycles. The highest BCUT2D eigenvalue weighted by molar-refractivity contribution is 5.86. The molecule has 0 unspecified atom stereocenters. The molecular weight excluding hydrogens is 359 g/mol. The Hall–Kier alpha value is -1.78. The summed E-state index contributed by atoms with van der Waals surface area (Å²) in [5, 5.41) is 11.4. The van der Waals surface area contributed by atoms with Crippen LogP contribution in [0.2, 0.25) is 0 Å². The highest BCUT2D eigenvalue weighted by Crippen LogP contribution is 2.47. The number of benzene rings is 1. The van der Waals surface area contributed by atoms with E-state index >= 15 is 4.39 Å². The number of aromatic carboxylic acids is 1. The van der Waals surface area contributed by atoms with Crippen LogP contribution in [0.4, 0.5) is 4.39 Å². The van der Waals surface area contributed by atoms with Gasteiger partial charge in [-0.3, -0.25) is 0 Å². The second-order valence-corrected chi connectivity index (χ2v) is 9.13. The molecule has 0 amide bonds. The van der Waals surface area contributed by atoms with Crippen molar-refractivity contribution >= 4 is 5.97 Å². The number of hydrogen-bond acceptors (Lipinski definition) is 4. The highest BCUT2D eigenvalue weighted by atomic mass is 19.1. The molecule has 2 saturated carbocycles. The van der Waals surface area contributed by atoms with E-state index in [4.69, 9.17) is 9.47 Å². The summed E-state index contributed by atoms with van der Waals surface area (Å²) in [6.45, 7) is 8.37. The van der Waals surface area contributed by atoms with Crippen LogP contribution < -0.4 is 14.6 Å². The molecule has 0 bridgehead atoms. The first-order chi connectivity index (χ1) is 13.2. The Labute approximate surface area is 167 Å². The van der Waals surface area contributed by atoms with Gasteiger partial charge in [-0.25, -0.2) is 4.39 Å².